The zero-order valence-electron chi connectivity index (χ0n) is 11.1. The minimum Gasteiger partial charge on any atom is -0.382 e. The van der Waals surface area contributed by atoms with Crippen LogP contribution in [0.3, 0.4) is 0 Å². The van der Waals surface area contributed by atoms with Crippen LogP contribution < -0.4 is 16.4 Å². The number of carbonyl (C=O) groups is 1. The molecule has 0 aliphatic heterocycles. The van der Waals surface area contributed by atoms with Gasteiger partial charge in [0.15, 0.2) is 5.13 Å². The van der Waals surface area contributed by atoms with Gasteiger partial charge in [0.1, 0.15) is 10.7 Å². The maximum atomic E-state index is 12.0. The molecule has 0 bridgehead atoms. The number of nitrogens with zero attached hydrogens (tertiary/aromatic N) is 1. The first-order valence-electron chi connectivity index (χ1n) is 6.50. The lowest BCUT2D eigenvalue weighted by molar-refractivity contribution is 0.0958. The highest BCUT2D eigenvalue weighted by Gasteiger charge is 2.21. The minimum atomic E-state index is -0.113. The molecule has 1 aromatic rings. The Kier molecular flexibility index (Phi) is 5.33. The molecule has 1 aliphatic rings. The van der Waals surface area contributed by atoms with Crippen molar-refractivity contribution in [1.29, 1.82) is 0 Å². The van der Waals surface area contributed by atoms with Gasteiger partial charge in [0.25, 0.3) is 5.91 Å². The van der Waals surface area contributed by atoms with Crippen molar-refractivity contribution in [3.63, 3.8) is 0 Å². The highest BCUT2D eigenvalue weighted by Crippen LogP contribution is 2.29. The molecule has 1 saturated carbocycles. The van der Waals surface area contributed by atoms with Crippen molar-refractivity contribution in [2.45, 2.75) is 31.7 Å². The Morgan fingerprint density at radius 3 is 3.00 bits per heavy atom. The third-order valence-corrected chi connectivity index (χ3v) is 4.80. The molecule has 0 spiro atoms. The minimum absolute atomic E-state index is 0.113. The van der Waals surface area contributed by atoms with Crippen LogP contribution in [0, 0.1) is 0 Å². The monoisotopic (exact) mass is 300 g/mol. The highest BCUT2D eigenvalue weighted by atomic mass is 32.2. The molecule has 4 N–H and O–H groups in total. The first-order chi connectivity index (χ1) is 9.20. The Labute approximate surface area is 121 Å². The van der Waals surface area contributed by atoms with Crippen LogP contribution in [0.15, 0.2) is 0 Å². The van der Waals surface area contributed by atoms with E-state index in [1.54, 1.807) is 11.8 Å². The van der Waals surface area contributed by atoms with Crippen molar-refractivity contribution in [3.05, 3.63) is 4.88 Å². The average molecular weight is 300 g/mol. The van der Waals surface area contributed by atoms with Gasteiger partial charge in [-0.05, 0) is 37.7 Å². The lowest BCUT2D eigenvalue weighted by Gasteiger charge is -2.25. The fourth-order valence-electron chi connectivity index (χ4n) is 1.78. The Hall–Kier alpha value is -0.950. The molecular weight excluding hydrogens is 280 g/mol. The van der Waals surface area contributed by atoms with Crippen LogP contribution in [-0.4, -0.2) is 35.5 Å². The largest absolute Gasteiger partial charge is 0.382 e. The molecule has 1 amide bonds. The number of thioether (sulfide) groups is 1. The number of nitrogen functional groups attached to an aromatic ring is 1. The second-order valence-electron chi connectivity index (χ2n) is 4.61. The summed E-state index contributed by atoms with van der Waals surface area (Å²) in [6.45, 7) is 0.683. The van der Waals surface area contributed by atoms with Crippen LogP contribution in [0.5, 0.6) is 0 Å². The van der Waals surface area contributed by atoms with E-state index in [2.05, 4.69) is 21.9 Å². The van der Waals surface area contributed by atoms with Gasteiger partial charge in [-0.1, -0.05) is 11.3 Å². The van der Waals surface area contributed by atoms with E-state index in [1.165, 1.54) is 30.6 Å². The zero-order valence-corrected chi connectivity index (χ0v) is 12.7. The number of carbonyl (C=O) groups excluding carboxylic acids is 1. The van der Waals surface area contributed by atoms with Crippen LogP contribution in [0.25, 0.3) is 0 Å². The molecule has 19 heavy (non-hydrogen) atoms. The smallest absolute Gasteiger partial charge is 0.265 e. The summed E-state index contributed by atoms with van der Waals surface area (Å²) in [5.41, 5.74) is 5.80. The molecule has 2 rings (SSSR count). The molecule has 7 heteroatoms. The summed E-state index contributed by atoms with van der Waals surface area (Å²) in [7, 11) is 0. The lowest BCUT2D eigenvalue weighted by Crippen LogP contribution is -2.26. The highest BCUT2D eigenvalue weighted by molar-refractivity contribution is 7.98. The predicted molar refractivity (Wildman–Crippen MR) is 83.1 cm³/mol. The molecule has 0 radical (unpaired) electrons. The molecule has 1 aliphatic carbocycles. The van der Waals surface area contributed by atoms with E-state index in [0.717, 1.165) is 17.3 Å². The summed E-state index contributed by atoms with van der Waals surface area (Å²) >= 11 is 3.12. The van der Waals surface area contributed by atoms with Gasteiger partial charge >= 0.3 is 0 Å². The summed E-state index contributed by atoms with van der Waals surface area (Å²) in [5, 5.41) is 6.96. The fourth-order valence-corrected chi connectivity index (χ4v) is 3.09. The van der Waals surface area contributed by atoms with Crippen molar-refractivity contribution in [1.82, 2.24) is 10.3 Å². The lowest BCUT2D eigenvalue weighted by atomic mass is 9.93. The molecule has 106 valence electrons. The van der Waals surface area contributed by atoms with Crippen LogP contribution in [0.2, 0.25) is 0 Å². The summed E-state index contributed by atoms with van der Waals surface area (Å²) in [5.74, 6) is 1.26. The summed E-state index contributed by atoms with van der Waals surface area (Å²) < 4.78 is 0. The van der Waals surface area contributed by atoms with E-state index in [9.17, 15) is 4.79 Å². The van der Waals surface area contributed by atoms with Gasteiger partial charge in [-0.2, -0.15) is 11.8 Å². The van der Waals surface area contributed by atoms with Crippen LogP contribution in [-0.2, 0) is 0 Å². The second kappa shape index (κ2) is 7.00. The molecule has 0 unspecified atom stereocenters. The van der Waals surface area contributed by atoms with Gasteiger partial charge in [-0.25, -0.2) is 4.98 Å². The summed E-state index contributed by atoms with van der Waals surface area (Å²) in [6, 6.07) is 0.503. The van der Waals surface area contributed by atoms with E-state index in [-0.39, 0.29) is 5.91 Å². The average Bonchev–Trinajstić information content (AvgIpc) is 2.71. The number of amides is 1. The molecule has 1 fully saturated rings. The van der Waals surface area contributed by atoms with Gasteiger partial charge < -0.3 is 16.4 Å². The van der Waals surface area contributed by atoms with Crippen LogP contribution >= 0.6 is 23.1 Å². The Bertz CT molecular complexity index is 431. The third-order valence-electron chi connectivity index (χ3n) is 3.10. The molecular formula is C12H20N4OS2. The Morgan fingerprint density at radius 1 is 1.58 bits per heavy atom. The molecule has 0 saturated heterocycles. The topological polar surface area (TPSA) is 80.0 Å². The number of aromatic nitrogens is 1. The van der Waals surface area contributed by atoms with E-state index >= 15 is 0 Å². The SMILES string of the molecule is CSCCCNC(=O)c1sc(NC2CCC2)nc1N. The van der Waals surface area contributed by atoms with Crippen LogP contribution in [0.1, 0.15) is 35.4 Å². The number of anilines is 2. The first kappa shape index (κ1) is 14.5. The van der Waals surface area contributed by atoms with Crippen molar-refractivity contribution in [2.24, 2.45) is 0 Å². The molecule has 1 aromatic heterocycles. The van der Waals surface area contributed by atoms with E-state index < -0.39 is 0 Å². The van der Waals surface area contributed by atoms with Gasteiger partial charge in [-0.15, -0.1) is 0 Å². The van der Waals surface area contributed by atoms with E-state index in [1.807, 2.05) is 0 Å². The van der Waals surface area contributed by atoms with Gasteiger partial charge in [0, 0.05) is 12.6 Å². The first-order valence-corrected chi connectivity index (χ1v) is 8.71. The van der Waals surface area contributed by atoms with Gasteiger partial charge in [0.05, 0.1) is 0 Å². The fraction of sp³-hybridized carbons (Fsp3) is 0.667. The maximum Gasteiger partial charge on any atom is 0.265 e. The van der Waals surface area contributed by atoms with Crippen molar-refractivity contribution < 1.29 is 4.79 Å². The summed E-state index contributed by atoms with van der Waals surface area (Å²) in [6.07, 6.45) is 6.65. The molecule has 1 heterocycles. The Balaban J connectivity index is 1.85. The maximum absolute atomic E-state index is 12.0. The van der Waals surface area contributed by atoms with Crippen molar-refractivity contribution >= 4 is 40.0 Å². The summed E-state index contributed by atoms with van der Waals surface area (Å²) in [4.78, 5) is 16.7. The molecule has 0 aromatic carbocycles. The zero-order chi connectivity index (χ0) is 13.7. The van der Waals surface area contributed by atoms with Crippen molar-refractivity contribution in [3.8, 4) is 0 Å². The predicted octanol–water partition coefficient (Wildman–Crippen LogP) is 2.17. The van der Waals surface area contributed by atoms with Gasteiger partial charge in [-0.3, -0.25) is 4.79 Å². The normalized spacial score (nSPS) is 15.0. The molecule has 5 nitrogen and oxygen atoms in total. The van der Waals surface area contributed by atoms with Gasteiger partial charge in [0.2, 0.25) is 0 Å². The number of rotatable bonds is 7. The number of thiazole rings is 1. The van der Waals surface area contributed by atoms with Crippen molar-refractivity contribution in [2.75, 3.05) is 29.6 Å². The van der Waals surface area contributed by atoms with Crippen LogP contribution in [0.4, 0.5) is 10.9 Å². The quantitative estimate of drug-likeness (QED) is 0.673. The number of hydrogen-bond acceptors (Lipinski definition) is 6. The number of hydrogen-bond donors (Lipinski definition) is 3. The third kappa shape index (κ3) is 4.01. The Morgan fingerprint density at radius 2 is 2.37 bits per heavy atom. The standard InChI is InChI=1S/C12H20N4OS2/c1-18-7-3-6-14-11(17)9-10(13)16-12(19-9)15-8-4-2-5-8/h8H,2-7,13H2,1H3,(H,14,17)(H,15,16). The number of nitrogens with two attached hydrogens (primary N) is 1. The number of nitrogens with one attached hydrogen (secondary N) is 2. The van der Waals surface area contributed by atoms with E-state index in [4.69, 9.17) is 5.73 Å². The molecule has 0 atom stereocenters. The van der Waals surface area contributed by atoms with E-state index in [0.29, 0.717) is 23.3 Å². The second-order valence-corrected chi connectivity index (χ2v) is 6.59.